The van der Waals surface area contributed by atoms with Crippen molar-refractivity contribution in [2.24, 2.45) is 0 Å². The van der Waals surface area contributed by atoms with Gasteiger partial charge in [0.1, 0.15) is 6.17 Å². The van der Waals surface area contributed by atoms with Crippen molar-refractivity contribution in [2.45, 2.75) is 13.1 Å². The number of aromatic amines is 1. The van der Waals surface area contributed by atoms with E-state index in [4.69, 9.17) is 0 Å². The van der Waals surface area contributed by atoms with Crippen LogP contribution in [0.3, 0.4) is 0 Å². The summed E-state index contributed by atoms with van der Waals surface area (Å²) in [6, 6.07) is 13.8. The van der Waals surface area contributed by atoms with E-state index in [1.54, 1.807) is 6.20 Å². The number of benzene rings is 2. The molecule has 0 spiro atoms. The third kappa shape index (κ3) is 2.49. The van der Waals surface area contributed by atoms with Crippen LogP contribution in [0.2, 0.25) is 0 Å². The Hall–Kier alpha value is -2.60. The van der Waals surface area contributed by atoms with E-state index in [9.17, 15) is 4.79 Å². The zero-order chi connectivity index (χ0) is 16.7. The second kappa shape index (κ2) is 5.79. The molecule has 1 amide bonds. The molecule has 1 aliphatic rings. The summed E-state index contributed by atoms with van der Waals surface area (Å²) in [5, 5.41) is 13.6. The highest BCUT2D eigenvalue weighted by molar-refractivity contribution is 9.10. The number of amides is 1. The van der Waals surface area contributed by atoms with Crippen LogP contribution in [-0.2, 0) is 0 Å². The first-order valence-electron chi connectivity index (χ1n) is 7.59. The molecule has 0 saturated carbocycles. The topological polar surface area (TPSA) is 69.8 Å². The molecular formula is C18H15BrN4O. The Morgan fingerprint density at radius 2 is 1.92 bits per heavy atom. The van der Waals surface area contributed by atoms with Crippen LogP contribution in [0, 0.1) is 6.92 Å². The van der Waals surface area contributed by atoms with E-state index in [-0.39, 0.29) is 12.1 Å². The lowest BCUT2D eigenvalue weighted by molar-refractivity contribution is 0.0935. The van der Waals surface area contributed by atoms with Crippen molar-refractivity contribution < 1.29 is 4.79 Å². The molecular weight excluding hydrogens is 368 g/mol. The smallest absolute Gasteiger partial charge is 0.255 e. The lowest BCUT2D eigenvalue weighted by atomic mass is 10.0. The normalized spacial score (nSPS) is 16.2. The molecule has 2 aromatic carbocycles. The van der Waals surface area contributed by atoms with Crippen molar-refractivity contribution in [3.05, 3.63) is 69.8 Å². The second-order valence-electron chi connectivity index (χ2n) is 5.76. The molecule has 1 unspecified atom stereocenters. The van der Waals surface area contributed by atoms with E-state index < -0.39 is 0 Å². The Morgan fingerprint density at radius 3 is 2.71 bits per heavy atom. The van der Waals surface area contributed by atoms with Gasteiger partial charge in [0.05, 0.1) is 23.1 Å². The van der Waals surface area contributed by atoms with Crippen LogP contribution in [0.25, 0.3) is 11.3 Å². The first-order chi connectivity index (χ1) is 11.6. The SMILES string of the molecule is Cc1cc(Br)cc2c1NC(c1cn[nH]c1-c1ccccc1)NC2=O. The number of nitrogens with one attached hydrogen (secondary N) is 3. The number of carbonyl (C=O) groups is 1. The minimum Gasteiger partial charge on any atom is -0.361 e. The van der Waals surface area contributed by atoms with Crippen LogP contribution >= 0.6 is 15.9 Å². The summed E-state index contributed by atoms with van der Waals surface area (Å²) in [4.78, 5) is 12.5. The number of halogens is 1. The highest BCUT2D eigenvalue weighted by atomic mass is 79.9. The number of carbonyl (C=O) groups excluding carboxylic acids is 1. The molecule has 0 saturated heterocycles. The summed E-state index contributed by atoms with van der Waals surface area (Å²) in [6.07, 6.45) is 1.42. The maximum atomic E-state index is 12.5. The van der Waals surface area contributed by atoms with Gasteiger partial charge in [-0.1, -0.05) is 46.3 Å². The largest absolute Gasteiger partial charge is 0.361 e. The molecule has 3 N–H and O–H groups in total. The molecule has 0 bridgehead atoms. The molecule has 6 heteroatoms. The third-order valence-corrected chi connectivity index (χ3v) is 4.61. The fraction of sp³-hybridized carbons (Fsp3) is 0.111. The van der Waals surface area contributed by atoms with Crippen LogP contribution < -0.4 is 10.6 Å². The molecule has 4 rings (SSSR count). The van der Waals surface area contributed by atoms with Gasteiger partial charge in [0, 0.05) is 10.0 Å². The van der Waals surface area contributed by atoms with Gasteiger partial charge in [0.15, 0.2) is 0 Å². The Bertz CT molecular complexity index is 920. The summed E-state index contributed by atoms with van der Waals surface area (Å²) >= 11 is 3.44. The molecule has 0 radical (unpaired) electrons. The first-order valence-corrected chi connectivity index (χ1v) is 8.39. The van der Waals surface area contributed by atoms with Crippen molar-refractivity contribution >= 4 is 27.5 Å². The summed E-state index contributed by atoms with van der Waals surface area (Å²) in [6.45, 7) is 1.99. The Morgan fingerprint density at radius 1 is 1.12 bits per heavy atom. The molecule has 5 nitrogen and oxygen atoms in total. The van der Waals surface area contributed by atoms with Gasteiger partial charge in [-0.05, 0) is 30.2 Å². The molecule has 120 valence electrons. The zero-order valence-electron chi connectivity index (χ0n) is 12.9. The lowest BCUT2D eigenvalue weighted by Crippen LogP contribution is -2.38. The number of hydrogen-bond donors (Lipinski definition) is 3. The fourth-order valence-corrected chi connectivity index (χ4v) is 3.58. The predicted molar refractivity (Wildman–Crippen MR) is 96.7 cm³/mol. The maximum Gasteiger partial charge on any atom is 0.255 e. The summed E-state index contributed by atoms with van der Waals surface area (Å²) < 4.78 is 0.891. The van der Waals surface area contributed by atoms with Gasteiger partial charge in [-0.2, -0.15) is 5.10 Å². The molecule has 1 aromatic heterocycles. The summed E-state index contributed by atoms with van der Waals surface area (Å²) in [7, 11) is 0. The van der Waals surface area contributed by atoms with Crippen LogP contribution in [0.4, 0.5) is 5.69 Å². The molecule has 0 fully saturated rings. The predicted octanol–water partition coefficient (Wildman–Crippen LogP) is 4.00. The Kier molecular flexibility index (Phi) is 3.61. The number of H-pyrrole nitrogens is 1. The van der Waals surface area contributed by atoms with Crippen molar-refractivity contribution in [1.29, 1.82) is 0 Å². The molecule has 24 heavy (non-hydrogen) atoms. The van der Waals surface area contributed by atoms with E-state index in [1.165, 1.54) is 0 Å². The van der Waals surface area contributed by atoms with Crippen molar-refractivity contribution in [1.82, 2.24) is 15.5 Å². The van der Waals surface area contributed by atoms with E-state index >= 15 is 0 Å². The van der Waals surface area contributed by atoms with Crippen LogP contribution in [0.5, 0.6) is 0 Å². The number of rotatable bonds is 2. The van der Waals surface area contributed by atoms with Gasteiger partial charge in [-0.3, -0.25) is 9.89 Å². The zero-order valence-corrected chi connectivity index (χ0v) is 14.5. The average Bonchev–Trinajstić information content (AvgIpc) is 3.06. The highest BCUT2D eigenvalue weighted by Gasteiger charge is 2.28. The molecule has 1 aliphatic heterocycles. The van der Waals surface area contributed by atoms with Crippen molar-refractivity contribution in [2.75, 3.05) is 5.32 Å². The van der Waals surface area contributed by atoms with Crippen LogP contribution in [0.15, 0.2) is 53.1 Å². The maximum absolute atomic E-state index is 12.5. The first kappa shape index (κ1) is 15.0. The van der Waals surface area contributed by atoms with E-state index in [0.717, 1.165) is 32.5 Å². The van der Waals surface area contributed by atoms with Crippen LogP contribution in [-0.4, -0.2) is 16.1 Å². The van der Waals surface area contributed by atoms with Gasteiger partial charge in [0.2, 0.25) is 0 Å². The van der Waals surface area contributed by atoms with E-state index in [2.05, 4.69) is 36.8 Å². The minimum absolute atomic E-state index is 0.0987. The molecule has 0 aliphatic carbocycles. The average molecular weight is 383 g/mol. The monoisotopic (exact) mass is 382 g/mol. The number of nitrogens with zero attached hydrogens (tertiary/aromatic N) is 1. The standard InChI is InChI=1S/C18H15BrN4O/c1-10-7-12(19)8-13-15(10)21-17(22-18(13)24)14-9-20-23-16(14)11-5-3-2-4-6-11/h2-9,17,21H,1H3,(H,20,23)(H,22,24). The van der Waals surface area contributed by atoms with E-state index in [1.807, 2.05) is 49.4 Å². The third-order valence-electron chi connectivity index (χ3n) is 4.15. The Labute approximate surface area is 147 Å². The van der Waals surface area contributed by atoms with Gasteiger partial charge >= 0.3 is 0 Å². The van der Waals surface area contributed by atoms with Crippen molar-refractivity contribution in [3.63, 3.8) is 0 Å². The number of aromatic nitrogens is 2. The summed E-state index contributed by atoms with van der Waals surface area (Å²) in [5.41, 5.74) is 5.34. The quantitative estimate of drug-likeness (QED) is 0.627. The minimum atomic E-state index is -0.334. The number of anilines is 1. The van der Waals surface area contributed by atoms with Gasteiger partial charge < -0.3 is 10.6 Å². The fourth-order valence-electron chi connectivity index (χ4n) is 3.01. The van der Waals surface area contributed by atoms with Crippen LogP contribution in [0.1, 0.15) is 27.7 Å². The van der Waals surface area contributed by atoms with Gasteiger partial charge in [0.25, 0.3) is 5.91 Å². The summed E-state index contributed by atoms with van der Waals surface area (Å²) in [5.74, 6) is -0.0987. The van der Waals surface area contributed by atoms with Gasteiger partial charge in [-0.15, -0.1) is 0 Å². The number of aryl methyl sites for hydroxylation is 1. The van der Waals surface area contributed by atoms with Gasteiger partial charge in [-0.25, -0.2) is 0 Å². The lowest BCUT2D eigenvalue weighted by Gasteiger charge is -2.29. The number of fused-ring (bicyclic) bond motifs is 1. The number of hydrogen-bond acceptors (Lipinski definition) is 3. The van der Waals surface area contributed by atoms with Crippen molar-refractivity contribution in [3.8, 4) is 11.3 Å². The molecule has 2 heterocycles. The highest BCUT2D eigenvalue weighted by Crippen LogP contribution is 2.34. The second-order valence-corrected chi connectivity index (χ2v) is 6.68. The Balaban J connectivity index is 1.76. The molecule has 3 aromatic rings. The van der Waals surface area contributed by atoms with E-state index in [0.29, 0.717) is 5.56 Å². The molecule has 1 atom stereocenters.